The molecule has 0 radical (unpaired) electrons. The lowest BCUT2D eigenvalue weighted by Crippen LogP contribution is -2.18. The van der Waals surface area contributed by atoms with Crippen molar-refractivity contribution in [2.24, 2.45) is 11.7 Å². The molecule has 1 aliphatic carbocycles. The number of rotatable bonds is 1. The highest BCUT2D eigenvalue weighted by Gasteiger charge is 2.27. The predicted molar refractivity (Wildman–Crippen MR) is 44.6 cm³/mol. The van der Waals surface area contributed by atoms with Crippen molar-refractivity contribution >= 4 is 18.4 Å². The highest BCUT2D eigenvalue weighted by atomic mass is 35.5. The number of halogens is 1. The van der Waals surface area contributed by atoms with Crippen LogP contribution in [-0.2, 0) is 9.53 Å². The summed E-state index contributed by atoms with van der Waals surface area (Å²) in [6.07, 6.45) is 2.65. The maximum atomic E-state index is 10.9. The van der Waals surface area contributed by atoms with Crippen LogP contribution in [-0.4, -0.2) is 19.1 Å². The first-order chi connectivity index (χ1) is 4.74. The van der Waals surface area contributed by atoms with E-state index in [1.807, 2.05) is 0 Å². The minimum Gasteiger partial charge on any atom is -0.469 e. The zero-order chi connectivity index (χ0) is 7.56. The number of methoxy groups -OCH3 is 1. The molecule has 0 saturated heterocycles. The van der Waals surface area contributed by atoms with E-state index in [0.717, 1.165) is 19.3 Å². The molecule has 66 valence electrons. The Bertz CT molecular complexity index is 140. The van der Waals surface area contributed by atoms with Crippen molar-refractivity contribution in [2.45, 2.75) is 25.3 Å². The Morgan fingerprint density at radius 3 is 2.55 bits per heavy atom. The molecule has 0 aliphatic heterocycles. The molecule has 0 spiro atoms. The first-order valence-corrected chi connectivity index (χ1v) is 3.57. The maximum absolute atomic E-state index is 10.9. The Kier molecular flexibility index (Phi) is 4.45. The minimum absolute atomic E-state index is 0. The third kappa shape index (κ3) is 2.67. The Balaban J connectivity index is 0.000001000. The molecule has 1 saturated carbocycles. The largest absolute Gasteiger partial charge is 0.469 e. The van der Waals surface area contributed by atoms with E-state index in [2.05, 4.69) is 4.74 Å². The minimum atomic E-state index is -0.104. The first kappa shape index (κ1) is 10.7. The maximum Gasteiger partial charge on any atom is 0.308 e. The molecule has 0 aromatic rings. The normalized spacial score (nSPS) is 29.3. The number of ether oxygens (including phenoxy) is 1. The van der Waals surface area contributed by atoms with Crippen molar-refractivity contribution in [3.05, 3.63) is 0 Å². The Morgan fingerprint density at radius 2 is 2.18 bits per heavy atom. The molecule has 1 aliphatic rings. The number of hydrogen-bond donors (Lipinski definition) is 1. The molecule has 4 heteroatoms. The average Bonchev–Trinajstić information content (AvgIpc) is 2.34. The number of carbonyl (C=O) groups excluding carboxylic acids is 1. The third-order valence-electron chi connectivity index (χ3n) is 2.01. The average molecular weight is 180 g/mol. The van der Waals surface area contributed by atoms with Crippen molar-refractivity contribution in [1.82, 2.24) is 0 Å². The van der Waals surface area contributed by atoms with Gasteiger partial charge in [-0.1, -0.05) is 0 Å². The molecule has 11 heavy (non-hydrogen) atoms. The Labute approximate surface area is 72.7 Å². The van der Waals surface area contributed by atoms with Gasteiger partial charge in [-0.2, -0.15) is 0 Å². The van der Waals surface area contributed by atoms with Crippen LogP contribution in [0.1, 0.15) is 19.3 Å². The van der Waals surface area contributed by atoms with Crippen molar-refractivity contribution in [2.75, 3.05) is 7.11 Å². The Hall–Kier alpha value is -0.280. The fraction of sp³-hybridized carbons (Fsp3) is 0.857. The van der Waals surface area contributed by atoms with Crippen LogP contribution in [0.3, 0.4) is 0 Å². The van der Waals surface area contributed by atoms with Crippen molar-refractivity contribution in [3.8, 4) is 0 Å². The fourth-order valence-corrected chi connectivity index (χ4v) is 1.40. The van der Waals surface area contributed by atoms with Crippen LogP contribution in [0.5, 0.6) is 0 Å². The fourth-order valence-electron chi connectivity index (χ4n) is 1.40. The number of hydrogen-bond acceptors (Lipinski definition) is 3. The molecule has 2 N–H and O–H groups in total. The van der Waals surface area contributed by atoms with Crippen molar-refractivity contribution in [1.29, 1.82) is 0 Å². The van der Waals surface area contributed by atoms with Gasteiger partial charge < -0.3 is 10.5 Å². The van der Waals surface area contributed by atoms with E-state index in [1.54, 1.807) is 0 Å². The topological polar surface area (TPSA) is 52.3 Å². The SMILES string of the molecule is COC(=O)[C@@H]1CC[C@H](N)C1.Cl. The van der Waals surface area contributed by atoms with Crippen LogP contribution in [0.15, 0.2) is 0 Å². The summed E-state index contributed by atoms with van der Waals surface area (Å²) >= 11 is 0. The van der Waals surface area contributed by atoms with E-state index in [4.69, 9.17) is 5.73 Å². The van der Waals surface area contributed by atoms with E-state index < -0.39 is 0 Å². The summed E-state index contributed by atoms with van der Waals surface area (Å²) < 4.78 is 4.59. The second-order valence-corrected chi connectivity index (χ2v) is 2.79. The van der Waals surface area contributed by atoms with E-state index in [0.29, 0.717) is 0 Å². The summed E-state index contributed by atoms with van der Waals surface area (Å²) in [5, 5.41) is 0. The zero-order valence-corrected chi connectivity index (χ0v) is 7.39. The molecule has 1 rings (SSSR count). The van der Waals surface area contributed by atoms with Gasteiger partial charge in [0.1, 0.15) is 0 Å². The first-order valence-electron chi connectivity index (χ1n) is 3.57. The van der Waals surface area contributed by atoms with Crippen LogP contribution in [0.4, 0.5) is 0 Å². The van der Waals surface area contributed by atoms with Gasteiger partial charge >= 0.3 is 5.97 Å². The molecule has 0 heterocycles. The van der Waals surface area contributed by atoms with Crippen molar-refractivity contribution in [3.63, 3.8) is 0 Å². The number of carbonyl (C=O) groups is 1. The lowest BCUT2D eigenvalue weighted by molar-refractivity contribution is -0.145. The lowest BCUT2D eigenvalue weighted by atomic mass is 10.1. The predicted octanol–water partition coefficient (Wildman–Crippen LogP) is 0.709. The smallest absolute Gasteiger partial charge is 0.308 e. The van der Waals surface area contributed by atoms with Crippen LogP contribution in [0, 0.1) is 5.92 Å². The van der Waals surface area contributed by atoms with Gasteiger partial charge in [0.15, 0.2) is 0 Å². The third-order valence-corrected chi connectivity index (χ3v) is 2.01. The van der Waals surface area contributed by atoms with Gasteiger partial charge in [-0.05, 0) is 19.3 Å². The van der Waals surface area contributed by atoms with E-state index in [-0.39, 0.29) is 30.3 Å². The summed E-state index contributed by atoms with van der Waals surface area (Å²) in [6.45, 7) is 0. The number of esters is 1. The molecule has 3 nitrogen and oxygen atoms in total. The van der Waals surface area contributed by atoms with Gasteiger partial charge in [0.25, 0.3) is 0 Å². The van der Waals surface area contributed by atoms with Crippen LogP contribution < -0.4 is 5.73 Å². The molecule has 0 unspecified atom stereocenters. The highest BCUT2D eigenvalue weighted by Crippen LogP contribution is 2.24. The second kappa shape index (κ2) is 4.57. The summed E-state index contributed by atoms with van der Waals surface area (Å²) in [4.78, 5) is 10.9. The molecule has 0 amide bonds. The van der Waals surface area contributed by atoms with Gasteiger partial charge in [0.2, 0.25) is 0 Å². The zero-order valence-electron chi connectivity index (χ0n) is 6.58. The molecule has 2 atom stereocenters. The van der Waals surface area contributed by atoms with Gasteiger partial charge in [-0.25, -0.2) is 0 Å². The summed E-state index contributed by atoms with van der Waals surface area (Å²) in [5.74, 6) is -0.0343. The summed E-state index contributed by atoms with van der Waals surface area (Å²) in [5.41, 5.74) is 5.61. The van der Waals surface area contributed by atoms with Gasteiger partial charge in [-0.15, -0.1) is 12.4 Å². The van der Waals surface area contributed by atoms with Crippen molar-refractivity contribution < 1.29 is 9.53 Å². The molecular formula is C7H14ClNO2. The Morgan fingerprint density at radius 1 is 1.55 bits per heavy atom. The van der Waals surface area contributed by atoms with Gasteiger partial charge in [-0.3, -0.25) is 4.79 Å². The standard InChI is InChI=1S/C7H13NO2.ClH/c1-10-7(9)5-2-3-6(8)4-5;/h5-6H,2-4,8H2,1H3;1H/t5-,6+;/m1./s1. The molecule has 0 aromatic carbocycles. The van der Waals surface area contributed by atoms with E-state index in [9.17, 15) is 4.79 Å². The monoisotopic (exact) mass is 179 g/mol. The summed E-state index contributed by atoms with van der Waals surface area (Å²) in [7, 11) is 1.42. The van der Waals surface area contributed by atoms with Crippen LogP contribution in [0.2, 0.25) is 0 Å². The number of nitrogens with two attached hydrogens (primary N) is 1. The van der Waals surface area contributed by atoms with Crippen LogP contribution >= 0.6 is 12.4 Å². The quantitative estimate of drug-likeness (QED) is 0.604. The second-order valence-electron chi connectivity index (χ2n) is 2.79. The molecule has 0 bridgehead atoms. The highest BCUT2D eigenvalue weighted by molar-refractivity contribution is 5.85. The van der Waals surface area contributed by atoms with Gasteiger partial charge in [0, 0.05) is 6.04 Å². The summed E-state index contributed by atoms with van der Waals surface area (Å²) in [6, 6.07) is 0.212. The lowest BCUT2D eigenvalue weighted by Gasteiger charge is -2.04. The van der Waals surface area contributed by atoms with Crippen LogP contribution in [0.25, 0.3) is 0 Å². The molecule has 1 fully saturated rings. The molecule has 0 aromatic heterocycles. The van der Waals surface area contributed by atoms with Gasteiger partial charge in [0.05, 0.1) is 13.0 Å². The molecular weight excluding hydrogens is 166 g/mol. The van der Waals surface area contributed by atoms with E-state index in [1.165, 1.54) is 7.11 Å². The van der Waals surface area contributed by atoms with E-state index >= 15 is 0 Å².